The first kappa shape index (κ1) is 27.7. The van der Waals surface area contributed by atoms with Crippen LogP contribution in [0.2, 0.25) is 0 Å². The molecule has 0 saturated carbocycles. The number of aromatic nitrogens is 1. The van der Waals surface area contributed by atoms with Crippen LogP contribution in [-0.2, 0) is 0 Å². The number of hydrogen-bond donors (Lipinski definition) is 1. The van der Waals surface area contributed by atoms with Gasteiger partial charge in [0.2, 0.25) is 6.29 Å². The lowest BCUT2D eigenvalue weighted by molar-refractivity contribution is 0.625. The molecule has 8 aromatic carbocycles. The molecule has 0 aliphatic carbocycles. The summed E-state index contributed by atoms with van der Waals surface area (Å²) in [4.78, 5) is 5.67. The Kier molecular flexibility index (Phi) is 5.89. The Bertz CT molecular complexity index is 3020. The fourth-order valence-electron chi connectivity index (χ4n) is 8.16. The summed E-state index contributed by atoms with van der Waals surface area (Å²) < 4.78 is 4.98. The first-order valence-corrected chi connectivity index (χ1v) is 17.9. The van der Waals surface area contributed by atoms with Crippen molar-refractivity contribution in [3.05, 3.63) is 175 Å². The second-order valence-corrected chi connectivity index (χ2v) is 14.2. The first-order chi connectivity index (χ1) is 24.8. The minimum Gasteiger partial charge on any atom is -0.346 e. The van der Waals surface area contributed by atoms with Crippen molar-refractivity contribution in [2.45, 2.75) is 6.29 Å². The zero-order valence-electron chi connectivity index (χ0n) is 27.0. The molecule has 3 nitrogen and oxygen atoms in total. The molecule has 0 fully saturated rings. The fourth-order valence-corrected chi connectivity index (χ4v) is 9.41. The van der Waals surface area contributed by atoms with Crippen molar-refractivity contribution in [3.8, 4) is 11.1 Å². The standard InChI is InChI=1S/C46H29N3S/c1-2-13-28(14-3-1)37-27-41-43(32-18-7-6-17-31(32)37)35-20-9-11-24-40(35)49(41)46-47-39-23-10-8-19-34(39)44(48-46)36-22-12-21-33-38-25-29-15-4-5-16-30(29)26-42(38)50-45(33)36/h1-27,46-47H. The summed E-state index contributed by atoms with van der Waals surface area (Å²) >= 11 is 1.87. The van der Waals surface area contributed by atoms with E-state index in [0.29, 0.717) is 0 Å². The van der Waals surface area contributed by atoms with Gasteiger partial charge in [0.15, 0.2) is 0 Å². The quantitative estimate of drug-likeness (QED) is 0.202. The van der Waals surface area contributed by atoms with Gasteiger partial charge in [-0.05, 0) is 63.0 Å². The number of benzene rings is 8. The normalized spacial score (nSPS) is 14.5. The van der Waals surface area contributed by atoms with E-state index in [1.807, 2.05) is 11.3 Å². The van der Waals surface area contributed by atoms with Gasteiger partial charge in [-0.3, -0.25) is 0 Å². The van der Waals surface area contributed by atoms with Gasteiger partial charge < -0.3 is 9.88 Å². The average Bonchev–Trinajstić information content (AvgIpc) is 3.72. The highest BCUT2D eigenvalue weighted by molar-refractivity contribution is 7.26. The van der Waals surface area contributed by atoms with E-state index in [9.17, 15) is 0 Å². The van der Waals surface area contributed by atoms with Crippen molar-refractivity contribution in [2.24, 2.45) is 4.99 Å². The molecule has 1 N–H and O–H groups in total. The monoisotopic (exact) mass is 655 g/mol. The van der Waals surface area contributed by atoms with Crippen LogP contribution in [0.25, 0.3) is 74.6 Å². The highest BCUT2D eigenvalue weighted by Gasteiger charge is 2.27. The minimum absolute atomic E-state index is 0.362. The van der Waals surface area contributed by atoms with E-state index in [0.717, 1.165) is 28.0 Å². The van der Waals surface area contributed by atoms with E-state index in [1.54, 1.807) is 0 Å². The predicted molar refractivity (Wildman–Crippen MR) is 214 cm³/mol. The van der Waals surface area contributed by atoms with Crippen LogP contribution in [0.5, 0.6) is 0 Å². The second-order valence-electron chi connectivity index (χ2n) is 13.1. The smallest absolute Gasteiger partial charge is 0.201 e. The van der Waals surface area contributed by atoms with Gasteiger partial charge in [0, 0.05) is 47.8 Å². The summed E-state index contributed by atoms with van der Waals surface area (Å²) in [5.74, 6) is 0. The van der Waals surface area contributed by atoms with Gasteiger partial charge in [0.1, 0.15) is 0 Å². The Morgan fingerprint density at radius 3 is 2.06 bits per heavy atom. The molecule has 0 spiro atoms. The molecule has 1 aliphatic rings. The molecule has 1 aliphatic heterocycles. The Morgan fingerprint density at radius 1 is 0.500 bits per heavy atom. The molecule has 0 bridgehead atoms. The molecule has 0 radical (unpaired) electrons. The Hall–Kier alpha value is -6.23. The Balaban J connectivity index is 1.20. The highest BCUT2D eigenvalue weighted by Crippen LogP contribution is 2.44. The lowest BCUT2D eigenvalue weighted by Crippen LogP contribution is -2.24. The largest absolute Gasteiger partial charge is 0.346 e. The Labute approximate surface area is 292 Å². The lowest BCUT2D eigenvalue weighted by atomic mass is 9.95. The summed E-state index contributed by atoms with van der Waals surface area (Å²) in [6.07, 6.45) is -0.362. The molecule has 0 amide bonds. The molecule has 11 rings (SSSR count). The van der Waals surface area contributed by atoms with Crippen molar-refractivity contribution >= 4 is 86.3 Å². The summed E-state index contributed by atoms with van der Waals surface area (Å²) in [5, 5.41) is 14.0. The third-order valence-electron chi connectivity index (χ3n) is 10.4. The maximum atomic E-state index is 5.67. The minimum atomic E-state index is -0.362. The van der Waals surface area contributed by atoms with Crippen LogP contribution in [0.4, 0.5) is 5.69 Å². The van der Waals surface area contributed by atoms with Crippen LogP contribution < -0.4 is 5.32 Å². The molecule has 4 heteroatoms. The molecule has 10 aromatic rings. The van der Waals surface area contributed by atoms with Gasteiger partial charge in [-0.1, -0.05) is 133 Å². The number of hydrogen-bond acceptors (Lipinski definition) is 3. The molecule has 1 unspecified atom stereocenters. The number of anilines is 1. The highest BCUT2D eigenvalue weighted by atomic mass is 32.1. The van der Waals surface area contributed by atoms with Crippen molar-refractivity contribution in [1.29, 1.82) is 0 Å². The summed E-state index contributed by atoms with van der Waals surface area (Å²) in [6.45, 7) is 0. The first-order valence-electron chi connectivity index (χ1n) is 17.1. The third-order valence-corrected chi connectivity index (χ3v) is 11.6. The van der Waals surface area contributed by atoms with Crippen LogP contribution in [0.1, 0.15) is 17.4 Å². The molecule has 2 aromatic heterocycles. The number of nitrogens with one attached hydrogen (secondary N) is 1. The van der Waals surface area contributed by atoms with Gasteiger partial charge in [-0.15, -0.1) is 11.3 Å². The number of rotatable bonds is 3. The van der Waals surface area contributed by atoms with Crippen LogP contribution in [-0.4, -0.2) is 10.3 Å². The SMILES string of the molecule is c1ccc(-c2cc3c(c4ccccc24)c2ccccc2n3C2N=C(c3cccc4c3sc3cc5ccccc5cc34)c3ccccc3N2)cc1. The summed E-state index contributed by atoms with van der Waals surface area (Å²) in [5.41, 5.74) is 9.14. The summed E-state index contributed by atoms with van der Waals surface area (Å²) in [6, 6.07) is 59.4. The number of para-hydroxylation sites is 2. The average molecular weight is 656 g/mol. The molecule has 234 valence electrons. The van der Waals surface area contributed by atoms with Crippen molar-refractivity contribution < 1.29 is 0 Å². The van der Waals surface area contributed by atoms with E-state index in [2.05, 4.69) is 174 Å². The maximum absolute atomic E-state index is 5.67. The van der Waals surface area contributed by atoms with Crippen molar-refractivity contribution in [1.82, 2.24) is 4.57 Å². The number of fused-ring (bicyclic) bond motifs is 10. The lowest BCUT2D eigenvalue weighted by Gasteiger charge is -2.28. The van der Waals surface area contributed by atoms with E-state index >= 15 is 0 Å². The third kappa shape index (κ3) is 4.00. The molecular formula is C46H29N3S. The summed E-state index contributed by atoms with van der Waals surface area (Å²) in [7, 11) is 0. The molecule has 50 heavy (non-hydrogen) atoms. The number of nitrogens with zero attached hydrogens (tertiary/aromatic N) is 2. The molecule has 3 heterocycles. The molecule has 1 atom stereocenters. The van der Waals surface area contributed by atoms with Crippen molar-refractivity contribution in [2.75, 3.05) is 5.32 Å². The molecule has 0 saturated heterocycles. The Morgan fingerprint density at radius 2 is 1.18 bits per heavy atom. The second kappa shape index (κ2) is 10.6. The van der Waals surface area contributed by atoms with E-state index in [-0.39, 0.29) is 6.29 Å². The maximum Gasteiger partial charge on any atom is 0.201 e. The van der Waals surface area contributed by atoms with Crippen LogP contribution in [0, 0.1) is 0 Å². The zero-order chi connectivity index (χ0) is 32.8. The zero-order valence-corrected chi connectivity index (χ0v) is 27.8. The van der Waals surface area contributed by atoms with Crippen molar-refractivity contribution in [3.63, 3.8) is 0 Å². The van der Waals surface area contributed by atoms with E-state index in [1.165, 1.54) is 69.2 Å². The van der Waals surface area contributed by atoms with Gasteiger partial charge in [0.05, 0.1) is 16.7 Å². The van der Waals surface area contributed by atoms with Gasteiger partial charge in [-0.2, -0.15) is 0 Å². The van der Waals surface area contributed by atoms with Crippen LogP contribution >= 0.6 is 11.3 Å². The predicted octanol–water partition coefficient (Wildman–Crippen LogP) is 12.6. The van der Waals surface area contributed by atoms with Gasteiger partial charge in [0.25, 0.3) is 0 Å². The van der Waals surface area contributed by atoms with Crippen LogP contribution in [0.3, 0.4) is 0 Å². The number of aliphatic imine (C=N–C) groups is 1. The topological polar surface area (TPSA) is 29.3 Å². The van der Waals surface area contributed by atoms with Gasteiger partial charge >= 0.3 is 0 Å². The molecular weight excluding hydrogens is 627 g/mol. The number of thiophene rings is 1. The van der Waals surface area contributed by atoms with Crippen LogP contribution in [0.15, 0.2) is 169 Å². The van der Waals surface area contributed by atoms with E-state index < -0.39 is 0 Å². The van der Waals surface area contributed by atoms with E-state index in [4.69, 9.17) is 4.99 Å². The fraction of sp³-hybridized carbons (Fsp3) is 0.0217. The van der Waals surface area contributed by atoms with Gasteiger partial charge in [-0.25, -0.2) is 4.99 Å².